The number of allylic oxidation sites excluding steroid dienone is 2. The second-order valence-electron chi connectivity index (χ2n) is 4.53. The molecule has 2 aromatic carbocycles. The molecular formula is C18H15ClO2. The average molecular weight is 299 g/mol. The van der Waals surface area contributed by atoms with Crippen LogP contribution in [0.15, 0.2) is 61.2 Å². The summed E-state index contributed by atoms with van der Waals surface area (Å²) in [6.07, 6.45) is 5.25. The maximum absolute atomic E-state index is 12.2. The number of carbonyl (C=O) groups excluding carboxylic acids is 1. The molecule has 0 amide bonds. The van der Waals surface area contributed by atoms with E-state index in [0.29, 0.717) is 17.0 Å². The average Bonchev–Trinajstić information content (AvgIpc) is 2.48. The number of phenolic OH excluding ortho intramolecular Hbond substituents is 1. The van der Waals surface area contributed by atoms with Crippen LogP contribution in [-0.2, 0) is 6.42 Å². The molecule has 2 rings (SSSR count). The summed E-state index contributed by atoms with van der Waals surface area (Å²) in [5.41, 5.74) is 1.72. The van der Waals surface area contributed by atoms with E-state index >= 15 is 0 Å². The monoisotopic (exact) mass is 298 g/mol. The first-order valence-corrected chi connectivity index (χ1v) is 6.90. The van der Waals surface area contributed by atoms with Crippen LogP contribution in [0.3, 0.4) is 0 Å². The van der Waals surface area contributed by atoms with Crippen LogP contribution >= 0.6 is 11.6 Å². The van der Waals surface area contributed by atoms with Crippen molar-refractivity contribution >= 4 is 23.5 Å². The lowest BCUT2D eigenvalue weighted by Crippen LogP contribution is -1.97. The molecule has 0 aliphatic rings. The zero-order valence-corrected chi connectivity index (χ0v) is 12.2. The van der Waals surface area contributed by atoms with Gasteiger partial charge in [-0.3, -0.25) is 4.79 Å². The van der Waals surface area contributed by atoms with Crippen molar-refractivity contribution in [1.29, 1.82) is 0 Å². The number of carbonyl (C=O) groups is 1. The maximum atomic E-state index is 12.2. The Morgan fingerprint density at radius 1 is 1.19 bits per heavy atom. The molecule has 0 atom stereocenters. The molecule has 0 aliphatic carbocycles. The Morgan fingerprint density at radius 3 is 2.67 bits per heavy atom. The van der Waals surface area contributed by atoms with E-state index in [4.69, 9.17) is 11.6 Å². The zero-order valence-electron chi connectivity index (χ0n) is 11.4. The predicted octanol–water partition coefficient (Wildman–Crippen LogP) is 4.67. The van der Waals surface area contributed by atoms with Crippen molar-refractivity contribution in [2.75, 3.05) is 0 Å². The molecule has 0 saturated carbocycles. The SMILES string of the molecule is C=CCc1cccc(C(=O)/C=C/c2ccccc2Cl)c1O. The Bertz CT molecular complexity index is 702. The molecule has 2 aromatic rings. The lowest BCUT2D eigenvalue weighted by atomic mass is 10.0. The molecule has 0 fully saturated rings. The van der Waals surface area contributed by atoms with E-state index < -0.39 is 0 Å². The highest BCUT2D eigenvalue weighted by Gasteiger charge is 2.11. The van der Waals surface area contributed by atoms with Gasteiger partial charge in [0.05, 0.1) is 5.56 Å². The molecule has 0 bridgehead atoms. The summed E-state index contributed by atoms with van der Waals surface area (Å²) in [5, 5.41) is 10.7. The molecule has 3 heteroatoms. The highest BCUT2D eigenvalue weighted by Crippen LogP contribution is 2.24. The summed E-state index contributed by atoms with van der Waals surface area (Å²) < 4.78 is 0. The fraction of sp³-hybridized carbons (Fsp3) is 0.0556. The van der Waals surface area contributed by atoms with E-state index in [-0.39, 0.29) is 17.1 Å². The number of benzene rings is 2. The molecule has 106 valence electrons. The first-order chi connectivity index (χ1) is 10.1. The van der Waals surface area contributed by atoms with E-state index in [9.17, 15) is 9.90 Å². The van der Waals surface area contributed by atoms with Gasteiger partial charge in [0.1, 0.15) is 5.75 Å². The van der Waals surface area contributed by atoms with Crippen LogP contribution in [-0.4, -0.2) is 10.9 Å². The third-order valence-corrected chi connectivity index (χ3v) is 3.41. The van der Waals surface area contributed by atoms with Gasteiger partial charge in [0.15, 0.2) is 5.78 Å². The van der Waals surface area contributed by atoms with Gasteiger partial charge in [0, 0.05) is 5.02 Å². The Hall–Kier alpha value is -2.32. The van der Waals surface area contributed by atoms with E-state index in [1.165, 1.54) is 6.08 Å². The number of ketones is 1. The van der Waals surface area contributed by atoms with Crippen molar-refractivity contribution in [3.63, 3.8) is 0 Å². The largest absolute Gasteiger partial charge is 0.507 e. The summed E-state index contributed by atoms with van der Waals surface area (Å²) in [6, 6.07) is 12.4. The Labute approximate surface area is 129 Å². The van der Waals surface area contributed by atoms with Gasteiger partial charge in [-0.15, -0.1) is 6.58 Å². The molecular weight excluding hydrogens is 284 g/mol. The Balaban J connectivity index is 2.27. The minimum atomic E-state index is -0.265. The van der Waals surface area contributed by atoms with Crippen LogP contribution < -0.4 is 0 Å². The standard InChI is InChI=1S/C18H15ClO2/c1-2-6-14-8-5-9-15(18(14)21)17(20)12-11-13-7-3-4-10-16(13)19/h2-5,7-12,21H,1,6H2/b12-11+. The van der Waals surface area contributed by atoms with Crippen molar-refractivity contribution in [3.05, 3.63) is 82.9 Å². The van der Waals surface area contributed by atoms with E-state index in [0.717, 1.165) is 5.56 Å². The molecule has 0 saturated heterocycles. The van der Waals surface area contributed by atoms with Gasteiger partial charge in [0.2, 0.25) is 0 Å². The van der Waals surface area contributed by atoms with Gasteiger partial charge < -0.3 is 5.11 Å². The van der Waals surface area contributed by atoms with Crippen LogP contribution in [0.2, 0.25) is 5.02 Å². The predicted molar refractivity (Wildman–Crippen MR) is 86.8 cm³/mol. The third kappa shape index (κ3) is 3.61. The molecule has 0 aromatic heterocycles. The molecule has 0 radical (unpaired) electrons. The van der Waals surface area contributed by atoms with Crippen LogP contribution in [0, 0.1) is 0 Å². The smallest absolute Gasteiger partial charge is 0.189 e. The van der Waals surface area contributed by atoms with Gasteiger partial charge in [0.25, 0.3) is 0 Å². The Kier molecular flexibility index (Phi) is 4.96. The first kappa shape index (κ1) is 15.1. The topological polar surface area (TPSA) is 37.3 Å². The summed E-state index contributed by atoms with van der Waals surface area (Å²) >= 11 is 6.03. The Morgan fingerprint density at radius 2 is 1.95 bits per heavy atom. The molecule has 0 spiro atoms. The van der Waals surface area contributed by atoms with Crippen molar-refractivity contribution < 1.29 is 9.90 Å². The molecule has 0 unspecified atom stereocenters. The van der Waals surface area contributed by atoms with Gasteiger partial charge >= 0.3 is 0 Å². The first-order valence-electron chi connectivity index (χ1n) is 6.52. The van der Waals surface area contributed by atoms with Crippen LogP contribution in [0.5, 0.6) is 5.75 Å². The minimum Gasteiger partial charge on any atom is -0.507 e. The quantitative estimate of drug-likeness (QED) is 0.495. The normalized spacial score (nSPS) is 10.7. The van der Waals surface area contributed by atoms with E-state index in [2.05, 4.69) is 6.58 Å². The van der Waals surface area contributed by atoms with Crippen LogP contribution in [0.4, 0.5) is 0 Å². The number of halogens is 1. The molecule has 21 heavy (non-hydrogen) atoms. The van der Waals surface area contributed by atoms with Gasteiger partial charge in [-0.05, 0) is 41.8 Å². The fourth-order valence-corrected chi connectivity index (χ4v) is 2.17. The second kappa shape index (κ2) is 6.91. The van der Waals surface area contributed by atoms with Gasteiger partial charge in [-0.1, -0.05) is 48.0 Å². The minimum absolute atomic E-state index is 0.00575. The number of hydrogen-bond acceptors (Lipinski definition) is 2. The maximum Gasteiger partial charge on any atom is 0.189 e. The highest BCUT2D eigenvalue weighted by molar-refractivity contribution is 6.32. The zero-order chi connectivity index (χ0) is 15.2. The number of aromatic hydroxyl groups is 1. The van der Waals surface area contributed by atoms with E-state index in [1.807, 2.05) is 18.2 Å². The summed E-state index contributed by atoms with van der Waals surface area (Å²) in [5.74, 6) is -0.260. The molecule has 0 heterocycles. The molecule has 2 nitrogen and oxygen atoms in total. The van der Waals surface area contributed by atoms with Crippen LogP contribution in [0.25, 0.3) is 6.08 Å². The van der Waals surface area contributed by atoms with Crippen molar-refractivity contribution in [2.45, 2.75) is 6.42 Å². The third-order valence-electron chi connectivity index (χ3n) is 3.07. The fourth-order valence-electron chi connectivity index (χ4n) is 1.98. The van der Waals surface area contributed by atoms with Crippen molar-refractivity contribution in [2.24, 2.45) is 0 Å². The van der Waals surface area contributed by atoms with Gasteiger partial charge in [-0.2, -0.15) is 0 Å². The lowest BCUT2D eigenvalue weighted by molar-refractivity contribution is 0.104. The lowest BCUT2D eigenvalue weighted by Gasteiger charge is -2.05. The number of hydrogen-bond donors (Lipinski definition) is 1. The van der Waals surface area contributed by atoms with Crippen molar-refractivity contribution in [1.82, 2.24) is 0 Å². The van der Waals surface area contributed by atoms with Gasteiger partial charge in [-0.25, -0.2) is 0 Å². The van der Waals surface area contributed by atoms with E-state index in [1.54, 1.807) is 36.4 Å². The number of phenols is 1. The summed E-state index contributed by atoms with van der Waals surface area (Å²) in [6.45, 7) is 3.63. The number of rotatable bonds is 5. The van der Waals surface area contributed by atoms with Crippen LogP contribution in [0.1, 0.15) is 21.5 Å². The highest BCUT2D eigenvalue weighted by atomic mass is 35.5. The molecule has 0 aliphatic heterocycles. The summed E-state index contributed by atoms with van der Waals surface area (Å²) in [4.78, 5) is 12.2. The van der Waals surface area contributed by atoms with Crippen molar-refractivity contribution in [3.8, 4) is 5.75 Å². The number of para-hydroxylation sites is 1. The molecule has 1 N–H and O–H groups in total. The second-order valence-corrected chi connectivity index (χ2v) is 4.93. The summed E-state index contributed by atoms with van der Waals surface area (Å²) in [7, 11) is 0.